The molecule has 3 heterocycles. The Morgan fingerprint density at radius 2 is 1.27 bits per heavy atom. The molecule has 7 aromatic rings. The minimum absolute atomic E-state index is 0. The van der Waals surface area contributed by atoms with E-state index in [-0.39, 0.29) is 35.7 Å². The van der Waals surface area contributed by atoms with E-state index < -0.39 is 11.2 Å². The lowest BCUT2D eigenvalue weighted by Gasteiger charge is -2.19. The van der Waals surface area contributed by atoms with Crippen molar-refractivity contribution < 1.29 is 4.79 Å². The molecule has 0 radical (unpaired) electrons. The molecule has 15 heteroatoms. The minimum Gasteiger partial charge on any atom is -0.384 e. The molecule has 0 fully saturated rings. The van der Waals surface area contributed by atoms with E-state index in [0.29, 0.717) is 98.7 Å². The van der Waals surface area contributed by atoms with Crippen LogP contribution in [0.4, 0.5) is 11.4 Å². The molecule has 0 unspecified atom stereocenters. The molecule has 7 rings (SSSR count). The molecule has 0 spiro atoms. The fourth-order valence-corrected chi connectivity index (χ4v) is 7.65. The Labute approximate surface area is 347 Å². The summed E-state index contributed by atoms with van der Waals surface area (Å²) in [5.41, 5.74) is 2.46. The van der Waals surface area contributed by atoms with Crippen molar-refractivity contribution in [2.24, 2.45) is 0 Å². The number of pyridine rings is 2. The quantitative estimate of drug-likeness (QED) is 0.0601. The van der Waals surface area contributed by atoms with Crippen LogP contribution < -0.4 is 38.1 Å². The maximum absolute atomic E-state index is 14.0. The number of carbonyl (C=O) groups excluding carboxylic acids is 1. The number of H-pyrrole nitrogens is 1. The molecule has 4 aromatic carbocycles. The number of amides is 1. The van der Waals surface area contributed by atoms with Crippen LogP contribution in [0.2, 0.25) is 0 Å². The molecule has 0 aliphatic rings. The Morgan fingerprint density at radius 1 is 0.661 bits per heavy atom. The molecule has 0 saturated carbocycles. The van der Waals surface area contributed by atoms with Crippen LogP contribution in [0.3, 0.4) is 0 Å². The van der Waals surface area contributed by atoms with Gasteiger partial charge in [-0.15, -0.1) is 12.4 Å². The first-order valence-electron chi connectivity index (χ1n) is 19.7. The van der Waals surface area contributed by atoms with Crippen molar-refractivity contribution in [1.29, 1.82) is 0 Å². The highest BCUT2D eigenvalue weighted by Crippen LogP contribution is 2.27. The van der Waals surface area contributed by atoms with E-state index in [1.165, 1.54) is 8.97 Å². The topological polar surface area (TPSA) is 156 Å². The number of aromatic nitrogens is 3. The molecule has 0 aliphatic heterocycles. The van der Waals surface area contributed by atoms with Gasteiger partial charge in [0, 0.05) is 66.9 Å². The van der Waals surface area contributed by atoms with Crippen LogP contribution >= 0.6 is 12.4 Å². The van der Waals surface area contributed by atoms with Gasteiger partial charge in [-0.3, -0.25) is 28.1 Å². The van der Waals surface area contributed by atoms with Gasteiger partial charge >= 0.3 is 5.69 Å². The fraction of sp³-hybridized carbons (Fsp3) is 0.341. The van der Waals surface area contributed by atoms with Gasteiger partial charge in [-0.25, -0.2) is 4.79 Å². The van der Waals surface area contributed by atoms with E-state index >= 15 is 0 Å². The molecule has 310 valence electrons. The van der Waals surface area contributed by atoms with Crippen LogP contribution in [0.15, 0.2) is 92.0 Å². The van der Waals surface area contributed by atoms with Crippen LogP contribution in [0, 0.1) is 0 Å². The van der Waals surface area contributed by atoms with Crippen molar-refractivity contribution >= 4 is 78.7 Å². The number of rotatable bonds is 17. The van der Waals surface area contributed by atoms with Crippen LogP contribution in [0.25, 0.3) is 49.0 Å². The molecule has 0 atom stereocenters. The number of carbonyl (C=O) groups is 1. The molecule has 0 bridgehead atoms. The number of benzene rings is 4. The molecule has 0 aliphatic carbocycles. The Morgan fingerprint density at radius 3 is 1.97 bits per heavy atom. The van der Waals surface area contributed by atoms with Gasteiger partial charge in [0.1, 0.15) is 0 Å². The van der Waals surface area contributed by atoms with Gasteiger partial charge < -0.3 is 35.6 Å². The van der Waals surface area contributed by atoms with E-state index in [0.717, 1.165) is 25.9 Å². The maximum Gasteiger partial charge on any atom is 0.336 e. The van der Waals surface area contributed by atoms with Crippen molar-refractivity contribution in [2.45, 2.75) is 19.4 Å². The second kappa shape index (κ2) is 18.4. The Bertz CT molecular complexity index is 2890. The first-order valence-corrected chi connectivity index (χ1v) is 19.7. The first kappa shape index (κ1) is 42.8. The number of hydrogen-bond donors (Lipinski definition) is 4. The van der Waals surface area contributed by atoms with Crippen molar-refractivity contribution in [2.75, 3.05) is 91.7 Å². The van der Waals surface area contributed by atoms with E-state index in [1.54, 1.807) is 48.5 Å². The summed E-state index contributed by atoms with van der Waals surface area (Å²) >= 11 is 0. The van der Waals surface area contributed by atoms with Crippen molar-refractivity contribution in [1.82, 2.24) is 34.0 Å². The van der Waals surface area contributed by atoms with Gasteiger partial charge in [-0.1, -0.05) is 24.3 Å². The number of halogens is 1. The van der Waals surface area contributed by atoms with Crippen molar-refractivity contribution in [3.05, 3.63) is 120 Å². The van der Waals surface area contributed by atoms with Gasteiger partial charge in [-0.05, 0) is 110 Å². The van der Waals surface area contributed by atoms with Crippen molar-refractivity contribution in [3.8, 4) is 0 Å². The highest BCUT2D eigenvalue weighted by Gasteiger charge is 2.21. The lowest BCUT2D eigenvalue weighted by molar-refractivity contribution is 0.0952. The predicted octanol–water partition coefficient (Wildman–Crippen LogP) is 4.07. The zero-order valence-electron chi connectivity index (χ0n) is 34.2. The van der Waals surface area contributed by atoms with Crippen LogP contribution in [0.5, 0.6) is 0 Å². The lowest BCUT2D eigenvalue weighted by atomic mass is 10.0. The third kappa shape index (κ3) is 8.67. The zero-order chi connectivity index (χ0) is 41.1. The number of anilines is 2. The van der Waals surface area contributed by atoms with E-state index in [4.69, 9.17) is 0 Å². The number of aromatic amines is 1. The van der Waals surface area contributed by atoms with Gasteiger partial charge in [0.2, 0.25) is 0 Å². The van der Waals surface area contributed by atoms with Crippen LogP contribution in [-0.2, 0) is 6.54 Å². The third-order valence-electron chi connectivity index (χ3n) is 10.7. The highest BCUT2D eigenvalue weighted by atomic mass is 35.5. The van der Waals surface area contributed by atoms with E-state index in [9.17, 15) is 24.0 Å². The summed E-state index contributed by atoms with van der Waals surface area (Å²) in [4.78, 5) is 78.0. The third-order valence-corrected chi connectivity index (χ3v) is 10.7. The summed E-state index contributed by atoms with van der Waals surface area (Å²) < 4.78 is 2.77. The molecule has 1 amide bonds. The van der Waals surface area contributed by atoms with Gasteiger partial charge in [0.15, 0.2) is 10.9 Å². The summed E-state index contributed by atoms with van der Waals surface area (Å²) in [6.45, 7) is 4.68. The van der Waals surface area contributed by atoms with Gasteiger partial charge in [0.05, 0.1) is 38.3 Å². The first-order chi connectivity index (χ1) is 28.0. The number of nitrogens with one attached hydrogen (secondary N) is 4. The number of para-hydroxylation sites is 2. The smallest absolute Gasteiger partial charge is 0.336 e. The monoisotopic (exact) mass is 821 g/mol. The summed E-state index contributed by atoms with van der Waals surface area (Å²) in [7, 11) is 9.72. The van der Waals surface area contributed by atoms with Gasteiger partial charge in [0.25, 0.3) is 11.5 Å². The average molecular weight is 822 g/mol. The van der Waals surface area contributed by atoms with Crippen molar-refractivity contribution in [3.63, 3.8) is 0 Å². The standard InChI is InChI=1S/C44H51N9O5.ClH/c1-49(2)25-22-47-42(56)30-16-18-33(36-38(30)48-32-14-8-6-12-28(32)40(36)54)45-20-10-23-51(5)24-11-21-46-34-19-17-31-39-37(34)41(55)29-13-7-9-15-35(29)53(39)44(58)52(43(31)57)27-26-50(3)4;/h6-9,12-19,45-46H,10-11,20-27H2,1-5H3,(H,47,56)(H,48,54);1H. The average Bonchev–Trinajstić information content (AvgIpc) is 3.20. The predicted molar refractivity (Wildman–Crippen MR) is 243 cm³/mol. The molecular weight excluding hydrogens is 770 g/mol. The normalized spacial score (nSPS) is 11.8. The summed E-state index contributed by atoms with van der Waals surface area (Å²) in [6, 6.07) is 21.4. The SMILES string of the molecule is CN(C)CCNC(=O)c1ccc(NCCCN(C)CCCNc2ccc3c(=O)n(CCN(C)C)c(=O)n4c5ccccc5c(=O)c2c34)c2c(=O)c3ccccc3[nH]c12.Cl. The molecule has 14 nitrogen and oxygen atoms in total. The fourth-order valence-electron chi connectivity index (χ4n) is 7.65. The Kier molecular flexibility index (Phi) is 13.4. The Balaban J connectivity index is 0.00000585. The number of likely N-dealkylation sites (N-methyl/N-ethyl adjacent to an activating group) is 2. The molecule has 0 saturated heterocycles. The zero-order valence-corrected chi connectivity index (χ0v) is 35.0. The largest absolute Gasteiger partial charge is 0.384 e. The molecule has 4 N–H and O–H groups in total. The second-order valence-corrected chi connectivity index (χ2v) is 15.4. The second-order valence-electron chi connectivity index (χ2n) is 15.4. The Hall–Kier alpha value is -5.80. The highest BCUT2D eigenvalue weighted by molar-refractivity contribution is 6.11. The number of nitrogens with zero attached hydrogens (tertiary/aromatic N) is 5. The summed E-state index contributed by atoms with van der Waals surface area (Å²) in [6.07, 6.45) is 1.58. The van der Waals surface area contributed by atoms with Crippen LogP contribution in [0.1, 0.15) is 23.2 Å². The lowest BCUT2D eigenvalue weighted by Crippen LogP contribution is -2.40. The van der Waals surface area contributed by atoms with E-state index in [1.807, 2.05) is 62.3 Å². The molecule has 3 aromatic heterocycles. The number of hydrogen-bond acceptors (Lipinski definition) is 10. The van der Waals surface area contributed by atoms with E-state index in [2.05, 4.69) is 32.9 Å². The van der Waals surface area contributed by atoms with Crippen LogP contribution in [-0.4, -0.2) is 116 Å². The molecular formula is C44H52ClN9O5. The van der Waals surface area contributed by atoms with Gasteiger partial charge in [-0.2, -0.15) is 0 Å². The minimum atomic E-state index is -0.460. The summed E-state index contributed by atoms with van der Waals surface area (Å²) in [5.74, 6) is -0.238. The molecule has 59 heavy (non-hydrogen) atoms. The maximum atomic E-state index is 14.0. The summed E-state index contributed by atoms with van der Waals surface area (Å²) in [5, 5.41) is 12.0. The number of fused-ring (bicyclic) bond motifs is 4.